The molecule has 2 aromatic carbocycles. The van der Waals surface area contributed by atoms with E-state index in [2.05, 4.69) is 21.1 Å². The van der Waals surface area contributed by atoms with Crippen LogP contribution in [0.25, 0.3) is 0 Å². The predicted octanol–water partition coefficient (Wildman–Crippen LogP) is 2.93. The first-order valence-corrected chi connectivity index (χ1v) is 11.1. The van der Waals surface area contributed by atoms with Crippen molar-refractivity contribution in [3.63, 3.8) is 0 Å². The predicted molar refractivity (Wildman–Crippen MR) is 130 cm³/mol. The average molecular weight is 481 g/mol. The molecule has 10 heteroatoms. The number of amides is 2. The van der Waals surface area contributed by atoms with E-state index >= 15 is 0 Å². The van der Waals surface area contributed by atoms with Gasteiger partial charge < -0.3 is 10.2 Å². The van der Waals surface area contributed by atoms with Crippen LogP contribution in [-0.4, -0.2) is 45.4 Å². The molecule has 0 aliphatic rings. The average Bonchev–Trinajstić information content (AvgIpc) is 2.85. The summed E-state index contributed by atoms with van der Waals surface area (Å²) in [6.45, 7) is 0. The molecule has 2 rings (SSSR count). The van der Waals surface area contributed by atoms with Gasteiger partial charge in [0.1, 0.15) is 0 Å². The Morgan fingerprint density at radius 1 is 0.571 bits per heavy atom. The molecule has 0 unspecified atom stereocenters. The lowest BCUT2D eigenvalue weighted by Gasteiger charge is -2.07. The number of nitrogens with zero attached hydrogens (tertiary/aromatic N) is 2. The van der Waals surface area contributed by atoms with Gasteiger partial charge in [0.15, 0.2) is 0 Å². The zero-order valence-corrected chi connectivity index (χ0v) is 19.1. The molecule has 0 saturated heterocycles. The van der Waals surface area contributed by atoms with Crippen LogP contribution in [-0.2, 0) is 19.2 Å². The zero-order chi connectivity index (χ0) is 25.5. The second kappa shape index (κ2) is 14.7. The summed E-state index contributed by atoms with van der Waals surface area (Å²) in [5.41, 5.74) is 7.16. The van der Waals surface area contributed by atoms with Crippen LogP contribution < -0.4 is 10.9 Å². The van der Waals surface area contributed by atoms with Crippen LogP contribution in [0.2, 0.25) is 0 Å². The molecule has 0 bridgehead atoms. The molecular formula is C25H28N4O6. The Kier molecular flexibility index (Phi) is 11.3. The number of rotatable bonds is 14. The smallest absolute Gasteiger partial charge is 0.303 e. The number of carboxylic acid groups (broad SMARTS) is 2. The lowest BCUT2D eigenvalue weighted by Crippen LogP contribution is -2.23. The summed E-state index contributed by atoms with van der Waals surface area (Å²) in [6, 6.07) is 17.9. The maximum absolute atomic E-state index is 12.1. The second-order valence-electron chi connectivity index (χ2n) is 7.56. The van der Waals surface area contributed by atoms with E-state index in [0.29, 0.717) is 22.6 Å². The minimum absolute atomic E-state index is 0.0339. The van der Waals surface area contributed by atoms with Gasteiger partial charge in [0, 0.05) is 25.7 Å². The van der Waals surface area contributed by atoms with Crippen molar-refractivity contribution in [2.75, 3.05) is 0 Å². The Morgan fingerprint density at radius 3 is 1.29 bits per heavy atom. The number of carboxylic acids is 2. The van der Waals surface area contributed by atoms with Crippen LogP contribution >= 0.6 is 0 Å². The Labute approximate surface area is 202 Å². The number of hydrazone groups is 2. The van der Waals surface area contributed by atoms with Gasteiger partial charge in [-0.2, -0.15) is 10.2 Å². The number of hydrogen-bond acceptors (Lipinski definition) is 6. The molecular weight excluding hydrogens is 452 g/mol. The van der Waals surface area contributed by atoms with E-state index in [1.54, 1.807) is 48.5 Å². The van der Waals surface area contributed by atoms with Crippen molar-refractivity contribution in [1.29, 1.82) is 0 Å². The second-order valence-corrected chi connectivity index (χ2v) is 7.56. The van der Waals surface area contributed by atoms with Crippen LogP contribution in [0.15, 0.2) is 70.9 Å². The minimum Gasteiger partial charge on any atom is -0.481 e. The molecule has 0 fully saturated rings. The van der Waals surface area contributed by atoms with Gasteiger partial charge in [-0.25, -0.2) is 10.9 Å². The molecule has 2 aromatic rings. The SMILES string of the molecule is O=C(O)CC/C(=N/NC(=O)CCCC(=O)N/N=C(\CCC(=O)O)c1ccccc1)c1ccccc1. The lowest BCUT2D eigenvalue weighted by molar-refractivity contribution is -0.137. The molecule has 0 radical (unpaired) electrons. The normalized spacial score (nSPS) is 11.5. The van der Waals surface area contributed by atoms with Crippen molar-refractivity contribution < 1.29 is 29.4 Å². The maximum Gasteiger partial charge on any atom is 0.303 e. The number of benzene rings is 2. The number of hydrogen-bond donors (Lipinski definition) is 4. The number of nitrogens with one attached hydrogen (secondary N) is 2. The van der Waals surface area contributed by atoms with Crippen molar-refractivity contribution in [2.45, 2.75) is 44.9 Å². The van der Waals surface area contributed by atoms with Crippen molar-refractivity contribution in [3.05, 3.63) is 71.8 Å². The molecule has 0 aromatic heterocycles. The number of aliphatic carboxylic acids is 2. The van der Waals surface area contributed by atoms with Gasteiger partial charge in [0.25, 0.3) is 0 Å². The zero-order valence-electron chi connectivity index (χ0n) is 19.1. The summed E-state index contributed by atoms with van der Waals surface area (Å²) < 4.78 is 0. The molecule has 10 nitrogen and oxygen atoms in total. The fourth-order valence-corrected chi connectivity index (χ4v) is 3.02. The summed E-state index contributed by atoms with van der Waals surface area (Å²) in [7, 11) is 0. The van der Waals surface area contributed by atoms with E-state index in [-0.39, 0.29) is 44.9 Å². The maximum atomic E-state index is 12.1. The van der Waals surface area contributed by atoms with Crippen LogP contribution in [0.1, 0.15) is 56.1 Å². The van der Waals surface area contributed by atoms with E-state index in [9.17, 15) is 19.2 Å². The van der Waals surface area contributed by atoms with Gasteiger partial charge in [-0.15, -0.1) is 0 Å². The third-order valence-corrected chi connectivity index (χ3v) is 4.80. The van der Waals surface area contributed by atoms with Gasteiger partial charge >= 0.3 is 11.9 Å². The topological polar surface area (TPSA) is 158 Å². The summed E-state index contributed by atoms with van der Waals surface area (Å²) in [5, 5.41) is 26.0. The van der Waals surface area contributed by atoms with Gasteiger partial charge in [0.05, 0.1) is 24.3 Å². The van der Waals surface area contributed by atoms with Gasteiger partial charge in [-0.3, -0.25) is 19.2 Å². The van der Waals surface area contributed by atoms with Gasteiger partial charge in [0.2, 0.25) is 11.8 Å². The molecule has 35 heavy (non-hydrogen) atoms. The lowest BCUT2D eigenvalue weighted by atomic mass is 10.1. The van der Waals surface area contributed by atoms with E-state index in [1.807, 2.05) is 12.1 Å². The summed E-state index contributed by atoms with van der Waals surface area (Å²) in [6.07, 6.45) is 0.382. The molecule has 0 aliphatic carbocycles. The molecule has 0 saturated carbocycles. The Morgan fingerprint density at radius 2 is 0.943 bits per heavy atom. The Bertz CT molecular complexity index is 982. The number of carbonyl (C=O) groups excluding carboxylic acids is 2. The van der Waals surface area contributed by atoms with E-state index in [0.717, 1.165) is 0 Å². The highest BCUT2D eigenvalue weighted by Crippen LogP contribution is 2.08. The van der Waals surface area contributed by atoms with E-state index < -0.39 is 23.8 Å². The fraction of sp³-hybridized carbons (Fsp3) is 0.280. The third-order valence-electron chi connectivity index (χ3n) is 4.80. The fourth-order valence-electron chi connectivity index (χ4n) is 3.02. The van der Waals surface area contributed by atoms with E-state index in [4.69, 9.17) is 10.2 Å². The first-order chi connectivity index (χ1) is 16.8. The highest BCUT2D eigenvalue weighted by Gasteiger charge is 2.10. The highest BCUT2D eigenvalue weighted by atomic mass is 16.4. The standard InChI is InChI=1S/C25H28N4O6/c30-22(28-26-20(14-16-24(32)33)18-8-3-1-4-9-18)12-7-13-23(31)29-27-21(15-17-25(34)35)19-10-5-2-6-11-19/h1-6,8-11H,7,12-17H2,(H,28,30)(H,29,31)(H,32,33)(H,34,35)/b26-20-,27-21+. The first kappa shape index (κ1) is 26.9. The molecule has 0 aliphatic heterocycles. The molecule has 0 spiro atoms. The molecule has 4 N–H and O–H groups in total. The van der Waals surface area contributed by atoms with Crippen LogP contribution in [0.3, 0.4) is 0 Å². The first-order valence-electron chi connectivity index (χ1n) is 11.1. The summed E-state index contributed by atoms with van der Waals surface area (Å²) in [5.74, 6) is -2.74. The summed E-state index contributed by atoms with van der Waals surface area (Å²) in [4.78, 5) is 46.1. The quantitative estimate of drug-likeness (QED) is 0.240. The van der Waals surface area contributed by atoms with Crippen molar-refractivity contribution in [1.82, 2.24) is 10.9 Å². The number of carbonyl (C=O) groups is 4. The van der Waals surface area contributed by atoms with Gasteiger partial charge in [-0.1, -0.05) is 60.7 Å². The van der Waals surface area contributed by atoms with Crippen LogP contribution in [0, 0.1) is 0 Å². The van der Waals surface area contributed by atoms with Gasteiger partial charge in [-0.05, 0) is 17.5 Å². The van der Waals surface area contributed by atoms with E-state index in [1.165, 1.54) is 0 Å². The van der Waals surface area contributed by atoms with Crippen molar-refractivity contribution in [3.8, 4) is 0 Å². The molecule has 2 amide bonds. The van der Waals surface area contributed by atoms with Crippen LogP contribution in [0.4, 0.5) is 0 Å². The minimum atomic E-state index is -0.966. The largest absolute Gasteiger partial charge is 0.481 e. The van der Waals surface area contributed by atoms with Crippen molar-refractivity contribution >= 4 is 35.2 Å². The summed E-state index contributed by atoms with van der Waals surface area (Å²) >= 11 is 0. The third kappa shape index (κ3) is 10.9. The molecule has 184 valence electrons. The molecule has 0 atom stereocenters. The monoisotopic (exact) mass is 480 g/mol. The highest BCUT2D eigenvalue weighted by molar-refractivity contribution is 6.02. The molecule has 0 heterocycles. The van der Waals surface area contributed by atoms with Crippen LogP contribution in [0.5, 0.6) is 0 Å². The Balaban J connectivity index is 1.86. The van der Waals surface area contributed by atoms with Crippen molar-refractivity contribution in [2.24, 2.45) is 10.2 Å². The Hall–Kier alpha value is -4.34.